The molecule has 1 amide bonds. The Morgan fingerprint density at radius 3 is 2.71 bits per heavy atom. The summed E-state index contributed by atoms with van der Waals surface area (Å²) in [7, 11) is 3.60. The first-order valence-electron chi connectivity index (χ1n) is 9.96. The van der Waals surface area contributed by atoms with Crippen molar-refractivity contribution in [2.75, 3.05) is 16.8 Å². The first-order chi connectivity index (χ1) is 15.1. The van der Waals surface area contributed by atoms with Gasteiger partial charge in [-0.05, 0) is 18.6 Å². The molecule has 0 aromatic carbocycles. The number of hydrogen-bond acceptors (Lipinski definition) is 7. The molecule has 0 aliphatic carbocycles. The lowest BCUT2D eigenvalue weighted by Gasteiger charge is -2.39. The van der Waals surface area contributed by atoms with Crippen molar-refractivity contribution in [1.82, 2.24) is 34.9 Å². The number of carbonyl (C=O) groups is 1. The topological polar surface area (TPSA) is 109 Å². The van der Waals surface area contributed by atoms with Crippen LogP contribution in [0.1, 0.15) is 13.3 Å². The van der Waals surface area contributed by atoms with Gasteiger partial charge in [-0.3, -0.25) is 19.6 Å². The summed E-state index contributed by atoms with van der Waals surface area (Å²) in [5, 5.41) is 11.5. The van der Waals surface area contributed by atoms with E-state index in [1.165, 1.54) is 0 Å². The zero-order chi connectivity index (χ0) is 21.5. The van der Waals surface area contributed by atoms with Crippen LogP contribution in [0.25, 0.3) is 22.8 Å². The van der Waals surface area contributed by atoms with Gasteiger partial charge in [0.2, 0.25) is 5.91 Å². The standard InChI is InChI=1S/C21H21N9O/c1-4-16-21(31)29(3)17-11-23-19(26-20(17)30(16)13-9-25-28(2)12-13)14-10-24-27-18(14)15-7-5-6-8-22-15/h5-12,16H,4H2,1-3H3,(H,24,27). The van der Waals surface area contributed by atoms with E-state index < -0.39 is 0 Å². The number of carbonyl (C=O) groups excluding carboxylic acids is 1. The van der Waals surface area contributed by atoms with Crippen LogP contribution in [0, 0.1) is 0 Å². The number of pyridine rings is 1. The minimum Gasteiger partial charge on any atom is -0.309 e. The summed E-state index contributed by atoms with van der Waals surface area (Å²) < 4.78 is 1.71. The van der Waals surface area contributed by atoms with Crippen LogP contribution in [0.2, 0.25) is 0 Å². The first kappa shape index (κ1) is 18.9. The first-order valence-corrected chi connectivity index (χ1v) is 9.96. The average Bonchev–Trinajstić information content (AvgIpc) is 3.45. The Morgan fingerprint density at radius 2 is 2.00 bits per heavy atom. The van der Waals surface area contributed by atoms with Gasteiger partial charge in [0.25, 0.3) is 0 Å². The summed E-state index contributed by atoms with van der Waals surface area (Å²) in [5.41, 5.74) is 3.67. The van der Waals surface area contributed by atoms with Crippen molar-refractivity contribution in [2.24, 2.45) is 7.05 Å². The van der Waals surface area contributed by atoms with Crippen molar-refractivity contribution < 1.29 is 4.79 Å². The Kier molecular flexibility index (Phi) is 4.46. The number of anilines is 3. The summed E-state index contributed by atoms with van der Waals surface area (Å²) >= 11 is 0. The number of aryl methyl sites for hydroxylation is 1. The van der Waals surface area contributed by atoms with Crippen LogP contribution in [0.3, 0.4) is 0 Å². The van der Waals surface area contributed by atoms with E-state index >= 15 is 0 Å². The summed E-state index contributed by atoms with van der Waals surface area (Å²) in [6.07, 6.45) is 9.34. The molecule has 0 spiro atoms. The highest BCUT2D eigenvalue weighted by Crippen LogP contribution is 2.40. The van der Waals surface area contributed by atoms with Gasteiger partial charge in [-0.1, -0.05) is 13.0 Å². The van der Waals surface area contributed by atoms with E-state index in [0.29, 0.717) is 23.8 Å². The van der Waals surface area contributed by atoms with Gasteiger partial charge in [0.1, 0.15) is 11.7 Å². The zero-order valence-electron chi connectivity index (χ0n) is 17.4. The lowest BCUT2D eigenvalue weighted by atomic mass is 10.1. The molecule has 31 heavy (non-hydrogen) atoms. The summed E-state index contributed by atoms with van der Waals surface area (Å²) in [6.45, 7) is 1.99. The van der Waals surface area contributed by atoms with Gasteiger partial charge < -0.3 is 9.80 Å². The fraction of sp³-hybridized carbons (Fsp3) is 0.238. The van der Waals surface area contributed by atoms with Gasteiger partial charge in [-0.25, -0.2) is 9.97 Å². The Morgan fingerprint density at radius 1 is 1.13 bits per heavy atom. The fourth-order valence-corrected chi connectivity index (χ4v) is 3.86. The van der Waals surface area contributed by atoms with Crippen LogP contribution in [0.4, 0.5) is 17.2 Å². The smallest absolute Gasteiger partial charge is 0.250 e. The van der Waals surface area contributed by atoms with Crippen molar-refractivity contribution in [3.63, 3.8) is 0 Å². The molecule has 10 nitrogen and oxygen atoms in total. The van der Waals surface area contributed by atoms with E-state index in [-0.39, 0.29) is 11.9 Å². The van der Waals surface area contributed by atoms with E-state index in [1.807, 2.05) is 43.3 Å². The van der Waals surface area contributed by atoms with Crippen molar-refractivity contribution in [3.05, 3.63) is 49.2 Å². The molecule has 10 heteroatoms. The quantitative estimate of drug-likeness (QED) is 0.545. The number of aromatic amines is 1. The van der Waals surface area contributed by atoms with Crippen LogP contribution in [0.15, 0.2) is 49.2 Å². The van der Waals surface area contributed by atoms with Gasteiger partial charge in [0, 0.05) is 26.5 Å². The zero-order valence-corrected chi connectivity index (χ0v) is 17.4. The number of aromatic nitrogens is 7. The highest BCUT2D eigenvalue weighted by Gasteiger charge is 2.38. The van der Waals surface area contributed by atoms with E-state index in [2.05, 4.69) is 25.3 Å². The molecule has 4 aromatic heterocycles. The Labute approximate surface area is 178 Å². The molecule has 1 atom stereocenters. The maximum atomic E-state index is 13.0. The second-order valence-electron chi connectivity index (χ2n) is 7.34. The number of likely N-dealkylation sites (N-methyl/N-ethyl adjacent to an activating group) is 1. The minimum atomic E-state index is -0.385. The van der Waals surface area contributed by atoms with Crippen molar-refractivity contribution in [2.45, 2.75) is 19.4 Å². The normalized spacial score (nSPS) is 16.0. The molecule has 5 heterocycles. The Hall–Kier alpha value is -4.08. The fourth-order valence-electron chi connectivity index (χ4n) is 3.86. The van der Waals surface area contributed by atoms with Crippen LogP contribution < -0.4 is 9.80 Å². The van der Waals surface area contributed by atoms with E-state index in [9.17, 15) is 4.79 Å². The second kappa shape index (κ2) is 7.31. The molecule has 0 fully saturated rings. The molecular weight excluding hydrogens is 394 g/mol. The summed E-state index contributed by atoms with van der Waals surface area (Å²) in [4.78, 5) is 30.4. The van der Waals surface area contributed by atoms with Crippen LogP contribution in [0.5, 0.6) is 0 Å². The SMILES string of the molecule is CCC1C(=O)N(C)c2cnc(-c3cn[nH]c3-c3ccccn3)nc2N1c1cnn(C)c1. The maximum Gasteiger partial charge on any atom is 0.250 e. The van der Waals surface area contributed by atoms with E-state index in [0.717, 1.165) is 22.6 Å². The molecule has 5 rings (SSSR count). The van der Waals surface area contributed by atoms with Crippen molar-refractivity contribution >= 4 is 23.1 Å². The van der Waals surface area contributed by atoms with Gasteiger partial charge in [0.05, 0.1) is 41.2 Å². The monoisotopic (exact) mass is 415 g/mol. The Balaban J connectivity index is 1.68. The minimum absolute atomic E-state index is 0.00677. The third kappa shape index (κ3) is 3.03. The highest BCUT2D eigenvalue weighted by molar-refractivity contribution is 6.06. The van der Waals surface area contributed by atoms with Gasteiger partial charge in [-0.2, -0.15) is 10.2 Å². The van der Waals surface area contributed by atoms with Crippen LogP contribution in [-0.4, -0.2) is 53.9 Å². The molecule has 0 saturated heterocycles. The molecule has 1 N–H and O–H groups in total. The number of nitrogens with one attached hydrogen (secondary N) is 1. The molecule has 0 bridgehead atoms. The number of amides is 1. The van der Waals surface area contributed by atoms with Crippen molar-refractivity contribution in [1.29, 1.82) is 0 Å². The molecule has 1 unspecified atom stereocenters. The lowest BCUT2D eigenvalue weighted by molar-refractivity contribution is -0.119. The van der Waals surface area contributed by atoms with Crippen LogP contribution in [-0.2, 0) is 11.8 Å². The maximum absolute atomic E-state index is 13.0. The molecule has 0 radical (unpaired) electrons. The lowest BCUT2D eigenvalue weighted by Crippen LogP contribution is -2.50. The summed E-state index contributed by atoms with van der Waals surface area (Å²) in [5.74, 6) is 1.15. The number of hydrogen-bond donors (Lipinski definition) is 1. The second-order valence-corrected chi connectivity index (χ2v) is 7.34. The molecule has 4 aromatic rings. The highest BCUT2D eigenvalue weighted by atomic mass is 16.2. The molecular formula is C21H21N9O. The third-order valence-corrected chi connectivity index (χ3v) is 5.42. The van der Waals surface area contributed by atoms with Crippen LogP contribution >= 0.6 is 0 Å². The van der Waals surface area contributed by atoms with E-state index in [1.54, 1.807) is 41.4 Å². The van der Waals surface area contributed by atoms with E-state index in [4.69, 9.17) is 4.98 Å². The number of nitrogens with zero attached hydrogens (tertiary/aromatic N) is 8. The molecule has 1 aliphatic rings. The van der Waals surface area contributed by atoms with Gasteiger partial charge in [-0.15, -0.1) is 0 Å². The predicted octanol–water partition coefficient (Wildman–Crippen LogP) is 2.56. The third-order valence-electron chi connectivity index (χ3n) is 5.42. The summed E-state index contributed by atoms with van der Waals surface area (Å²) in [6, 6.07) is 5.29. The number of rotatable bonds is 4. The van der Waals surface area contributed by atoms with Gasteiger partial charge in [0.15, 0.2) is 11.6 Å². The number of H-pyrrole nitrogens is 1. The van der Waals surface area contributed by atoms with Crippen molar-refractivity contribution in [3.8, 4) is 22.8 Å². The molecule has 1 aliphatic heterocycles. The molecule has 156 valence electrons. The molecule has 0 saturated carbocycles. The largest absolute Gasteiger partial charge is 0.309 e. The number of fused-ring (bicyclic) bond motifs is 1. The Bertz CT molecular complexity index is 1250. The van der Waals surface area contributed by atoms with Gasteiger partial charge >= 0.3 is 0 Å². The predicted molar refractivity (Wildman–Crippen MR) is 116 cm³/mol. The average molecular weight is 415 g/mol.